The van der Waals surface area contributed by atoms with Gasteiger partial charge in [0.25, 0.3) is 5.91 Å². The highest BCUT2D eigenvalue weighted by atomic mass is 32.2. The Morgan fingerprint density at radius 1 is 1.03 bits per heavy atom. The van der Waals surface area contributed by atoms with Crippen LogP contribution in [0, 0.1) is 6.92 Å². The zero-order valence-electron chi connectivity index (χ0n) is 19.3. The maximum atomic E-state index is 12.7. The van der Waals surface area contributed by atoms with Gasteiger partial charge in [0.15, 0.2) is 6.61 Å². The summed E-state index contributed by atoms with van der Waals surface area (Å²) in [5, 5.41) is 5.76. The predicted octanol–water partition coefficient (Wildman–Crippen LogP) is 5.18. The zero-order valence-corrected chi connectivity index (χ0v) is 20.9. The van der Waals surface area contributed by atoms with Gasteiger partial charge in [0.2, 0.25) is 10.0 Å². The molecular weight excluding hydrogens is 482 g/mol. The molecule has 9 heteroatoms. The Hall–Kier alpha value is -3.53. The second-order valence-corrected chi connectivity index (χ2v) is 10.7. The van der Waals surface area contributed by atoms with Gasteiger partial charge in [0.1, 0.15) is 5.75 Å². The lowest BCUT2D eigenvalue weighted by Gasteiger charge is -2.15. The van der Waals surface area contributed by atoms with Crippen LogP contribution < -0.4 is 14.8 Å². The van der Waals surface area contributed by atoms with E-state index < -0.39 is 10.0 Å². The molecule has 4 rings (SSSR count). The Labute approximate surface area is 208 Å². The molecule has 1 atom stereocenters. The first-order valence-corrected chi connectivity index (χ1v) is 13.3. The third kappa shape index (κ3) is 6.54. The topological polar surface area (TPSA) is 97.4 Å². The summed E-state index contributed by atoms with van der Waals surface area (Å²) < 4.78 is 33.6. The predicted molar refractivity (Wildman–Crippen MR) is 138 cm³/mol. The summed E-state index contributed by atoms with van der Waals surface area (Å²) in [7, 11) is -3.71. The molecule has 0 bridgehead atoms. The fraction of sp³-hybridized carbons (Fsp3) is 0.154. The number of nitrogens with zero attached hydrogens (tertiary/aromatic N) is 1. The number of anilines is 1. The highest BCUT2D eigenvalue weighted by molar-refractivity contribution is 7.89. The Balaban J connectivity index is 1.32. The van der Waals surface area contributed by atoms with Crippen LogP contribution in [0.3, 0.4) is 0 Å². The van der Waals surface area contributed by atoms with E-state index in [0.717, 1.165) is 21.8 Å². The van der Waals surface area contributed by atoms with Crippen molar-refractivity contribution in [2.45, 2.75) is 24.8 Å². The number of hydrogen-bond donors (Lipinski definition) is 2. The van der Waals surface area contributed by atoms with E-state index >= 15 is 0 Å². The van der Waals surface area contributed by atoms with Crippen LogP contribution in [0.5, 0.6) is 5.75 Å². The molecule has 0 spiro atoms. The molecular formula is C26H25N3O4S2. The van der Waals surface area contributed by atoms with Crippen molar-refractivity contribution >= 4 is 33.0 Å². The highest BCUT2D eigenvalue weighted by Crippen LogP contribution is 2.24. The van der Waals surface area contributed by atoms with Crippen LogP contribution in [0.4, 0.5) is 5.69 Å². The third-order valence-corrected chi connectivity index (χ3v) is 7.53. The first kappa shape index (κ1) is 24.6. The molecule has 35 heavy (non-hydrogen) atoms. The fourth-order valence-electron chi connectivity index (χ4n) is 3.42. The highest BCUT2D eigenvalue weighted by Gasteiger charge is 2.18. The summed E-state index contributed by atoms with van der Waals surface area (Å²) in [4.78, 5) is 16.9. The van der Waals surface area contributed by atoms with Gasteiger partial charge in [-0.1, -0.05) is 42.5 Å². The monoisotopic (exact) mass is 507 g/mol. The quantitative estimate of drug-likeness (QED) is 0.326. The molecule has 0 aliphatic carbocycles. The van der Waals surface area contributed by atoms with Gasteiger partial charge in [-0.15, -0.1) is 11.3 Å². The minimum absolute atomic E-state index is 0.117. The largest absolute Gasteiger partial charge is 0.484 e. The number of aryl methyl sites for hydroxylation is 1. The van der Waals surface area contributed by atoms with Crippen molar-refractivity contribution in [2.24, 2.45) is 0 Å². The molecule has 0 unspecified atom stereocenters. The Bertz CT molecular complexity index is 1400. The lowest BCUT2D eigenvalue weighted by Crippen LogP contribution is -2.26. The molecule has 0 saturated heterocycles. The third-order valence-electron chi connectivity index (χ3n) is 5.20. The minimum atomic E-state index is -3.71. The van der Waals surface area contributed by atoms with Crippen LogP contribution in [0.1, 0.15) is 23.5 Å². The number of amides is 1. The normalized spacial score (nSPS) is 12.2. The van der Waals surface area contributed by atoms with Crippen LogP contribution in [-0.4, -0.2) is 25.9 Å². The van der Waals surface area contributed by atoms with E-state index in [9.17, 15) is 13.2 Å². The maximum Gasteiger partial charge on any atom is 0.262 e. The molecule has 180 valence electrons. The number of hydrogen-bond acceptors (Lipinski definition) is 6. The van der Waals surface area contributed by atoms with Crippen LogP contribution >= 0.6 is 11.3 Å². The number of sulfonamides is 1. The number of carbonyl (C=O) groups is 1. The number of carbonyl (C=O) groups excluding carboxylic acids is 1. The Kier molecular flexibility index (Phi) is 7.60. The van der Waals surface area contributed by atoms with Crippen molar-refractivity contribution in [3.63, 3.8) is 0 Å². The second-order valence-electron chi connectivity index (χ2n) is 7.89. The lowest BCUT2D eigenvalue weighted by molar-refractivity contribution is -0.118. The smallest absolute Gasteiger partial charge is 0.262 e. The summed E-state index contributed by atoms with van der Waals surface area (Å²) in [6.45, 7) is 3.52. The number of nitrogens with one attached hydrogen (secondary N) is 2. The first-order chi connectivity index (χ1) is 16.8. The molecule has 0 aliphatic heterocycles. The average molecular weight is 508 g/mol. The molecule has 3 aromatic carbocycles. The number of rotatable bonds is 9. The minimum Gasteiger partial charge on any atom is -0.484 e. The summed E-state index contributed by atoms with van der Waals surface area (Å²) in [5.74, 6) is 0.0635. The molecule has 0 radical (unpaired) electrons. The molecule has 7 nitrogen and oxygen atoms in total. The van der Waals surface area contributed by atoms with E-state index in [0.29, 0.717) is 11.4 Å². The maximum absolute atomic E-state index is 12.7. The standard InChI is InChI=1S/C26H25N3O4S2/c1-18(20-7-4-3-5-8-20)29-35(31,32)24-13-11-23(12-14-24)33-16-26(30)28-22-10-6-9-21(15-22)25-17-34-19(2)27-25/h3-15,17-18,29H,16H2,1-2H3,(H,28,30)/t18-/m0/s1. The zero-order chi connectivity index (χ0) is 24.8. The summed E-state index contributed by atoms with van der Waals surface area (Å²) >= 11 is 1.57. The van der Waals surface area contributed by atoms with Gasteiger partial charge in [-0.25, -0.2) is 18.1 Å². The van der Waals surface area contributed by atoms with Crippen LogP contribution in [0.2, 0.25) is 0 Å². The van der Waals surface area contributed by atoms with Gasteiger partial charge in [0, 0.05) is 22.7 Å². The summed E-state index contributed by atoms with van der Waals surface area (Å²) in [6, 6.07) is 22.4. The lowest BCUT2D eigenvalue weighted by atomic mass is 10.1. The van der Waals surface area contributed by atoms with Crippen LogP contribution in [0.25, 0.3) is 11.3 Å². The van der Waals surface area contributed by atoms with Crippen molar-refractivity contribution in [1.82, 2.24) is 9.71 Å². The number of benzene rings is 3. The molecule has 0 fully saturated rings. The summed E-state index contributed by atoms with van der Waals surface area (Å²) in [6.07, 6.45) is 0. The van der Waals surface area contributed by atoms with E-state index in [4.69, 9.17) is 4.74 Å². The number of thiazole rings is 1. The second kappa shape index (κ2) is 10.8. The van der Waals surface area contributed by atoms with E-state index in [2.05, 4.69) is 15.0 Å². The van der Waals surface area contributed by atoms with Gasteiger partial charge < -0.3 is 10.1 Å². The van der Waals surface area contributed by atoms with E-state index in [1.165, 1.54) is 24.3 Å². The van der Waals surface area contributed by atoms with Crippen molar-refractivity contribution in [1.29, 1.82) is 0 Å². The molecule has 2 N–H and O–H groups in total. The van der Waals surface area contributed by atoms with Gasteiger partial charge in [-0.2, -0.15) is 0 Å². The Morgan fingerprint density at radius 2 is 1.77 bits per heavy atom. The molecule has 0 aliphatic rings. The molecule has 1 aromatic heterocycles. The van der Waals surface area contributed by atoms with Gasteiger partial charge >= 0.3 is 0 Å². The molecule has 1 amide bonds. The van der Waals surface area contributed by atoms with Crippen LogP contribution in [-0.2, 0) is 14.8 Å². The molecule has 0 saturated carbocycles. The number of ether oxygens (including phenoxy) is 1. The van der Waals surface area contributed by atoms with Gasteiger partial charge in [-0.3, -0.25) is 4.79 Å². The molecule has 4 aromatic rings. The van der Waals surface area contributed by atoms with Crippen molar-refractivity contribution in [2.75, 3.05) is 11.9 Å². The van der Waals surface area contributed by atoms with E-state index in [1.54, 1.807) is 24.3 Å². The Morgan fingerprint density at radius 3 is 2.46 bits per heavy atom. The van der Waals surface area contributed by atoms with Crippen molar-refractivity contribution in [3.05, 3.63) is 94.8 Å². The first-order valence-electron chi connectivity index (χ1n) is 10.9. The number of aromatic nitrogens is 1. The molecule has 1 heterocycles. The van der Waals surface area contributed by atoms with Crippen molar-refractivity contribution < 1.29 is 17.9 Å². The average Bonchev–Trinajstić information content (AvgIpc) is 3.30. The van der Waals surface area contributed by atoms with Crippen molar-refractivity contribution in [3.8, 4) is 17.0 Å². The summed E-state index contributed by atoms with van der Waals surface area (Å²) in [5.41, 5.74) is 3.29. The fourth-order valence-corrected chi connectivity index (χ4v) is 5.28. The van der Waals surface area contributed by atoms with E-state index in [1.807, 2.05) is 60.8 Å². The SMILES string of the molecule is Cc1nc(-c2cccc(NC(=O)COc3ccc(S(=O)(=O)N[C@@H](C)c4ccccc4)cc3)c2)cs1. The van der Waals surface area contributed by atoms with Gasteiger partial charge in [-0.05, 0) is 55.8 Å². The van der Waals surface area contributed by atoms with Gasteiger partial charge in [0.05, 0.1) is 15.6 Å². The van der Waals surface area contributed by atoms with E-state index in [-0.39, 0.29) is 23.5 Å². The van der Waals surface area contributed by atoms with Crippen LogP contribution in [0.15, 0.2) is 89.1 Å².